The van der Waals surface area contributed by atoms with Crippen LogP contribution >= 0.6 is 0 Å². The second kappa shape index (κ2) is 9.80. The van der Waals surface area contributed by atoms with Crippen molar-refractivity contribution < 1.29 is 9.59 Å². The van der Waals surface area contributed by atoms with E-state index in [2.05, 4.69) is 23.6 Å². The van der Waals surface area contributed by atoms with Crippen LogP contribution in [0.2, 0.25) is 0 Å². The third kappa shape index (κ3) is 6.55. The van der Waals surface area contributed by atoms with Crippen molar-refractivity contribution >= 4 is 11.9 Å². The summed E-state index contributed by atoms with van der Waals surface area (Å²) in [6.45, 7) is 3.59. The normalized spacial score (nSPS) is 14.3. The maximum absolute atomic E-state index is 12.1. The standard InChI is InChI=1S/C19H26N4O2/c1-2-11-23(13-16-9-7-15(12-20)8-10-16)14-18(24)22-19(25)21-17-5-3-4-6-17/h7-10,17H,2-6,11,13-14H2,1H3,(H2,21,22,24,25). The van der Waals surface area contributed by atoms with Gasteiger partial charge >= 0.3 is 6.03 Å². The van der Waals surface area contributed by atoms with Crippen molar-refractivity contribution in [2.75, 3.05) is 13.1 Å². The number of hydrogen-bond donors (Lipinski definition) is 2. The summed E-state index contributed by atoms with van der Waals surface area (Å²) >= 11 is 0. The largest absolute Gasteiger partial charge is 0.335 e. The molecule has 1 fully saturated rings. The summed E-state index contributed by atoms with van der Waals surface area (Å²) in [5, 5.41) is 14.1. The van der Waals surface area contributed by atoms with Crippen LogP contribution in [-0.2, 0) is 11.3 Å². The lowest BCUT2D eigenvalue weighted by molar-refractivity contribution is -0.121. The number of amides is 3. The predicted octanol–water partition coefficient (Wildman–Crippen LogP) is 2.54. The maximum atomic E-state index is 12.1. The molecule has 0 bridgehead atoms. The quantitative estimate of drug-likeness (QED) is 0.797. The number of imide groups is 1. The highest BCUT2D eigenvalue weighted by atomic mass is 16.2. The number of rotatable bonds is 7. The first-order valence-electron chi connectivity index (χ1n) is 8.92. The molecule has 134 valence electrons. The fourth-order valence-electron chi connectivity index (χ4n) is 3.13. The topological polar surface area (TPSA) is 85.2 Å². The van der Waals surface area contributed by atoms with Gasteiger partial charge in [-0.05, 0) is 43.5 Å². The summed E-state index contributed by atoms with van der Waals surface area (Å²) in [6, 6.07) is 9.22. The van der Waals surface area contributed by atoms with E-state index in [1.54, 1.807) is 12.1 Å². The Kier molecular flexibility index (Phi) is 7.42. The Hall–Kier alpha value is -2.39. The van der Waals surface area contributed by atoms with Gasteiger partial charge in [0.25, 0.3) is 0 Å². The van der Waals surface area contributed by atoms with Gasteiger partial charge in [0.1, 0.15) is 0 Å². The fraction of sp³-hybridized carbons (Fsp3) is 0.526. The molecule has 3 amide bonds. The lowest BCUT2D eigenvalue weighted by Gasteiger charge is -2.21. The first-order valence-corrected chi connectivity index (χ1v) is 8.92. The highest BCUT2D eigenvalue weighted by molar-refractivity contribution is 5.95. The Balaban J connectivity index is 1.83. The van der Waals surface area contributed by atoms with E-state index in [0.717, 1.165) is 44.2 Å². The molecule has 0 heterocycles. The summed E-state index contributed by atoms with van der Waals surface area (Å²) in [5.74, 6) is -0.294. The van der Waals surface area contributed by atoms with E-state index in [9.17, 15) is 9.59 Å². The number of hydrogen-bond acceptors (Lipinski definition) is 4. The van der Waals surface area contributed by atoms with Crippen molar-refractivity contribution in [2.24, 2.45) is 0 Å². The van der Waals surface area contributed by atoms with Crippen LogP contribution in [0.15, 0.2) is 24.3 Å². The van der Waals surface area contributed by atoms with Gasteiger partial charge in [-0.2, -0.15) is 5.26 Å². The Bertz CT molecular complexity index is 615. The molecular formula is C19H26N4O2. The van der Waals surface area contributed by atoms with Crippen molar-refractivity contribution in [3.8, 4) is 6.07 Å². The van der Waals surface area contributed by atoms with Crippen LogP contribution in [0.5, 0.6) is 0 Å². The van der Waals surface area contributed by atoms with Gasteiger partial charge in [-0.1, -0.05) is 31.9 Å². The van der Waals surface area contributed by atoms with E-state index in [1.807, 2.05) is 17.0 Å². The van der Waals surface area contributed by atoms with Crippen molar-refractivity contribution in [1.29, 1.82) is 5.26 Å². The second-order valence-corrected chi connectivity index (χ2v) is 6.52. The zero-order valence-electron chi connectivity index (χ0n) is 14.8. The molecule has 0 atom stereocenters. The highest BCUT2D eigenvalue weighted by Gasteiger charge is 2.19. The van der Waals surface area contributed by atoms with Crippen molar-refractivity contribution in [1.82, 2.24) is 15.5 Å². The number of carbonyl (C=O) groups is 2. The molecule has 0 spiro atoms. The average molecular weight is 342 g/mol. The van der Waals surface area contributed by atoms with Crippen LogP contribution in [0.25, 0.3) is 0 Å². The molecule has 1 aliphatic carbocycles. The minimum atomic E-state index is -0.397. The highest BCUT2D eigenvalue weighted by Crippen LogP contribution is 2.17. The van der Waals surface area contributed by atoms with E-state index in [1.165, 1.54) is 0 Å². The van der Waals surface area contributed by atoms with Gasteiger partial charge in [0, 0.05) is 12.6 Å². The third-order valence-electron chi connectivity index (χ3n) is 4.34. The minimum Gasteiger partial charge on any atom is -0.335 e. The van der Waals surface area contributed by atoms with Gasteiger partial charge in [-0.15, -0.1) is 0 Å². The van der Waals surface area contributed by atoms with E-state index < -0.39 is 6.03 Å². The lowest BCUT2D eigenvalue weighted by Crippen LogP contribution is -2.47. The van der Waals surface area contributed by atoms with Crippen LogP contribution in [0.4, 0.5) is 4.79 Å². The number of nitrogens with one attached hydrogen (secondary N) is 2. The van der Waals surface area contributed by atoms with Crippen molar-refractivity contribution in [3.63, 3.8) is 0 Å². The fourth-order valence-corrected chi connectivity index (χ4v) is 3.13. The zero-order valence-corrected chi connectivity index (χ0v) is 14.8. The second-order valence-electron chi connectivity index (χ2n) is 6.52. The van der Waals surface area contributed by atoms with Gasteiger partial charge in [-0.25, -0.2) is 4.79 Å². The Labute approximate surface area is 149 Å². The smallest absolute Gasteiger partial charge is 0.321 e. The van der Waals surface area contributed by atoms with Gasteiger partial charge in [0.05, 0.1) is 18.2 Å². The van der Waals surface area contributed by atoms with Gasteiger partial charge in [-0.3, -0.25) is 15.0 Å². The number of urea groups is 1. The number of nitriles is 1. The third-order valence-corrected chi connectivity index (χ3v) is 4.34. The zero-order chi connectivity index (χ0) is 18.1. The Morgan fingerprint density at radius 2 is 1.92 bits per heavy atom. The summed E-state index contributed by atoms with van der Waals surface area (Å²) < 4.78 is 0. The summed E-state index contributed by atoms with van der Waals surface area (Å²) in [4.78, 5) is 26.0. The summed E-state index contributed by atoms with van der Waals surface area (Å²) in [5.41, 5.74) is 1.66. The maximum Gasteiger partial charge on any atom is 0.321 e. The van der Waals surface area contributed by atoms with Crippen molar-refractivity contribution in [3.05, 3.63) is 35.4 Å². The molecule has 0 radical (unpaired) electrons. The van der Waals surface area contributed by atoms with Gasteiger partial charge in [0.15, 0.2) is 0 Å². The molecule has 0 unspecified atom stereocenters. The molecule has 0 aliphatic heterocycles. The van der Waals surface area contributed by atoms with Gasteiger partial charge < -0.3 is 5.32 Å². The molecule has 1 saturated carbocycles. The molecule has 0 aromatic heterocycles. The molecule has 2 rings (SSSR count). The molecular weight excluding hydrogens is 316 g/mol. The van der Waals surface area contributed by atoms with Gasteiger partial charge in [0.2, 0.25) is 5.91 Å². The van der Waals surface area contributed by atoms with Crippen LogP contribution in [0.1, 0.15) is 50.2 Å². The molecule has 25 heavy (non-hydrogen) atoms. The number of carbonyl (C=O) groups excluding carboxylic acids is 2. The predicted molar refractivity (Wildman–Crippen MR) is 95.7 cm³/mol. The van der Waals surface area contributed by atoms with Crippen LogP contribution in [0.3, 0.4) is 0 Å². The van der Waals surface area contributed by atoms with Crippen LogP contribution < -0.4 is 10.6 Å². The molecule has 2 N–H and O–H groups in total. The lowest BCUT2D eigenvalue weighted by atomic mass is 10.1. The van der Waals surface area contributed by atoms with E-state index >= 15 is 0 Å². The molecule has 0 saturated heterocycles. The molecule has 6 nitrogen and oxygen atoms in total. The van der Waals surface area contributed by atoms with Crippen LogP contribution in [0, 0.1) is 11.3 Å². The van der Waals surface area contributed by atoms with Crippen LogP contribution in [-0.4, -0.2) is 36.0 Å². The average Bonchev–Trinajstić information content (AvgIpc) is 3.08. The Morgan fingerprint density at radius 1 is 1.24 bits per heavy atom. The van der Waals surface area contributed by atoms with E-state index in [4.69, 9.17) is 5.26 Å². The molecule has 6 heteroatoms. The number of benzene rings is 1. The van der Waals surface area contributed by atoms with E-state index in [0.29, 0.717) is 12.1 Å². The first kappa shape index (κ1) is 18.9. The summed E-state index contributed by atoms with van der Waals surface area (Å²) in [6.07, 6.45) is 5.16. The SMILES string of the molecule is CCCN(CC(=O)NC(=O)NC1CCCC1)Cc1ccc(C#N)cc1. The molecule has 1 aromatic carbocycles. The molecule has 1 aliphatic rings. The number of nitrogens with zero attached hydrogens (tertiary/aromatic N) is 2. The molecule has 1 aromatic rings. The summed E-state index contributed by atoms with van der Waals surface area (Å²) in [7, 11) is 0. The van der Waals surface area contributed by atoms with E-state index in [-0.39, 0.29) is 18.5 Å². The minimum absolute atomic E-state index is 0.173. The monoisotopic (exact) mass is 342 g/mol. The first-order chi connectivity index (χ1) is 12.1. The van der Waals surface area contributed by atoms with Crippen molar-refractivity contribution in [2.45, 2.75) is 51.6 Å². The Morgan fingerprint density at radius 3 is 2.52 bits per heavy atom.